The predicted molar refractivity (Wildman–Crippen MR) is 68.0 cm³/mol. The number of aromatic nitrogens is 4. The van der Waals surface area contributed by atoms with Crippen molar-refractivity contribution in [2.75, 3.05) is 25.6 Å². The third kappa shape index (κ3) is 3.48. The minimum Gasteiger partial charge on any atom is -0.383 e. The number of anilines is 1. The van der Waals surface area contributed by atoms with E-state index in [2.05, 4.69) is 26.2 Å². The second kappa shape index (κ2) is 6.57. The number of nitrogens with zero attached hydrogens (tertiary/aromatic N) is 4. The Bertz CT molecular complexity index is 574. The van der Waals surface area contributed by atoms with Crippen molar-refractivity contribution in [3.63, 3.8) is 0 Å². The molecule has 106 valence electrons. The first-order valence-corrected chi connectivity index (χ1v) is 5.77. The average Bonchev–Trinajstić information content (AvgIpc) is 2.95. The summed E-state index contributed by atoms with van der Waals surface area (Å²) >= 11 is 0. The van der Waals surface area contributed by atoms with Crippen LogP contribution < -0.4 is 10.6 Å². The first-order chi connectivity index (χ1) is 9.70. The molecule has 2 N–H and O–H groups in total. The number of halogens is 1. The van der Waals surface area contributed by atoms with Crippen molar-refractivity contribution in [1.29, 1.82) is 0 Å². The average molecular weight is 280 g/mol. The van der Waals surface area contributed by atoms with Gasteiger partial charge in [-0.1, -0.05) is 0 Å². The molecule has 0 aliphatic heterocycles. The Hall–Kier alpha value is -2.55. The number of tetrazole rings is 1. The molecule has 1 aromatic heterocycles. The van der Waals surface area contributed by atoms with E-state index in [0.717, 1.165) is 0 Å². The van der Waals surface area contributed by atoms with Gasteiger partial charge in [-0.05, 0) is 28.6 Å². The van der Waals surface area contributed by atoms with Crippen LogP contribution in [0.5, 0.6) is 0 Å². The lowest BCUT2D eigenvalue weighted by Gasteiger charge is -2.09. The summed E-state index contributed by atoms with van der Waals surface area (Å²) in [4.78, 5) is 11.5. The van der Waals surface area contributed by atoms with Crippen LogP contribution in [0.15, 0.2) is 24.5 Å². The minimum absolute atomic E-state index is 0.0351. The van der Waals surface area contributed by atoms with Crippen molar-refractivity contribution in [2.45, 2.75) is 0 Å². The second-order valence-electron chi connectivity index (χ2n) is 3.79. The van der Waals surface area contributed by atoms with Crippen molar-refractivity contribution >= 4 is 11.7 Å². The number of rotatable bonds is 5. The van der Waals surface area contributed by atoms with Gasteiger partial charge in [-0.3, -0.25) is 0 Å². The van der Waals surface area contributed by atoms with Gasteiger partial charge in [-0.2, -0.15) is 0 Å². The number of nitrogens with one attached hydrogen (secondary N) is 2. The molecule has 1 aromatic carbocycles. The second-order valence-corrected chi connectivity index (χ2v) is 3.79. The summed E-state index contributed by atoms with van der Waals surface area (Å²) in [5, 5.41) is 15.6. The molecule has 0 saturated heterocycles. The number of carbonyl (C=O) groups excluding carboxylic acids is 1. The molecule has 0 radical (unpaired) electrons. The standard InChI is InChI=1S/C11H13FN6O2/c1-20-5-4-13-11(19)15-10-6-8(2-3-9(10)12)18-7-14-16-17-18/h2-3,6-7H,4-5H2,1H3,(H2,13,15,19). The van der Waals surface area contributed by atoms with Crippen LogP contribution in [0, 0.1) is 5.82 Å². The summed E-state index contributed by atoms with van der Waals surface area (Å²) in [7, 11) is 1.52. The van der Waals surface area contributed by atoms with Crippen LogP contribution in [0.25, 0.3) is 5.69 Å². The van der Waals surface area contributed by atoms with Gasteiger partial charge in [0.15, 0.2) is 0 Å². The van der Waals surface area contributed by atoms with Crippen molar-refractivity contribution in [1.82, 2.24) is 25.5 Å². The lowest BCUT2D eigenvalue weighted by Crippen LogP contribution is -2.31. The quantitative estimate of drug-likeness (QED) is 0.781. The van der Waals surface area contributed by atoms with Gasteiger partial charge in [0, 0.05) is 13.7 Å². The predicted octanol–water partition coefficient (Wildman–Crippen LogP) is 0.569. The number of amides is 2. The lowest BCUT2D eigenvalue weighted by atomic mass is 10.2. The van der Waals surface area contributed by atoms with Crippen LogP contribution in [0.4, 0.5) is 14.9 Å². The van der Waals surface area contributed by atoms with E-state index < -0.39 is 11.8 Å². The molecule has 0 aliphatic rings. The third-order valence-corrected chi connectivity index (χ3v) is 2.40. The van der Waals surface area contributed by atoms with Crippen molar-refractivity contribution in [2.24, 2.45) is 0 Å². The zero-order chi connectivity index (χ0) is 14.4. The molecule has 20 heavy (non-hydrogen) atoms. The monoisotopic (exact) mass is 280 g/mol. The molecule has 8 nitrogen and oxygen atoms in total. The van der Waals surface area contributed by atoms with Crippen LogP contribution >= 0.6 is 0 Å². The Balaban J connectivity index is 2.07. The smallest absolute Gasteiger partial charge is 0.319 e. The summed E-state index contributed by atoms with van der Waals surface area (Å²) in [5.74, 6) is -0.552. The van der Waals surface area contributed by atoms with E-state index >= 15 is 0 Å². The Labute approximate surface area is 113 Å². The SMILES string of the molecule is COCCNC(=O)Nc1cc(-n2cnnn2)ccc1F. The molecule has 0 spiro atoms. The van der Waals surface area contributed by atoms with Gasteiger partial charge in [-0.25, -0.2) is 13.9 Å². The maximum atomic E-state index is 13.6. The zero-order valence-electron chi connectivity index (χ0n) is 10.7. The normalized spacial score (nSPS) is 10.3. The fourth-order valence-electron chi connectivity index (χ4n) is 1.46. The highest BCUT2D eigenvalue weighted by Crippen LogP contribution is 2.18. The molecule has 0 aliphatic carbocycles. The zero-order valence-corrected chi connectivity index (χ0v) is 10.7. The number of benzene rings is 1. The lowest BCUT2D eigenvalue weighted by molar-refractivity contribution is 0.198. The molecular formula is C11H13FN6O2. The van der Waals surface area contributed by atoms with E-state index in [9.17, 15) is 9.18 Å². The number of urea groups is 1. The van der Waals surface area contributed by atoms with Gasteiger partial charge in [0.1, 0.15) is 12.1 Å². The highest BCUT2D eigenvalue weighted by atomic mass is 19.1. The van der Waals surface area contributed by atoms with Crippen LogP contribution in [0.2, 0.25) is 0 Å². The molecule has 2 aromatic rings. The number of hydrogen-bond donors (Lipinski definition) is 2. The van der Waals surface area contributed by atoms with Crippen molar-refractivity contribution < 1.29 is 13.9 Å². The maximum Gasteiger partial charge on any atom is 0.319 e. The number of methoxy groups -OCH3 is 1. The number of ether oxygens (including phenoxy) is 1. The maximum absolute atomic E-state index is 13.6. The molecule has 2 rings (SSSR count). The molecule has 0 bridgehead atoms. The molecular weight excluding hydrogens is 267 g/mol. The van der Waals surface area contributed by atoms with E-state index in [1.807, 2.05) is 0 Å². The van der Waals surface area contributed by atoms with Crippen LogP contribution in [-0.2, 0) is 4.74 Å². The third-order valence-electron chi connectivity index (χ3n) is 2.40. The summed E-state index contributed by atoms with van der Waals surface area (Å²) in [6.07, 6.45) is 1.37. The Kier molecular flexibility index (Phi) is 4.56. The summed E-state index contributed by atoms with van der Waals surface area (Å²) in [6.45, 7) is 0.706. The van der Waals surface area contributed by atoms with Crippen molar-refractivity contribution in [3.8, 4) is 5.69 Å². The van der Waals surface area contributed by atoms with Crippen LogP contribution in [0.1, 0.15) is 0 Å². The van der Waals surface area contributed by atoms with E-state index in [4.69, 9.17) is 4.74 Å². The molecule has 9 heteroatoms. The first kappa shape index (κ1) is 13.9. The highest BCUT2D eigenvalue weighted by molar-refractivity contribution is 5.89. The molecule has 0 saturated carbocycles. The van der Waals surface area contributed by atoms with Gasteiger partial charge in [-0.15, -0.1) is 5.10 Å². The van der Waals surface area contributed by atoms with Gasteiger partial charge in [0.25, 0.3) is 0 Å². The van der Waals surface area contributed by atoms with E-state index in [0.29, 0.717) is 18.8 Å². The summed E-state index contributed by atoms with van der Waals surface area (Å²) in [6, 6.07) is 3.64. The van der Waals surface area contributed by atoms with E-state index in [1.165, 1.54) is 36.3 Å². The number of carbonyl (C=O) groups is 1. The largest absolute Gasteiger partial charge is 0.383 e. The van der Waals surface area contributed by atoms with Crippen molar-refractivity contribution in [3.05, 3.63) is 30.3 Å². The van der Waals surface area contributed by atoms with Crippen LogP contribution in [-0.4, -0.2) is 46.5 Å². The Morgan fingerprint density at radius 3 is 3.05 bits per heavy atom. The Morgan fingerprint density at radius 1 is 1.50 bits per heavy atom. The first-order valence-electron chi connectivity index (χ1n) is 5.77. The molecule has 0 unspecified atom stereocenters. The van der Waals surface area contributed by atoms with E-state index in [1.54, 1.807) is 0 Å². The van der Waals surface area contributed by atoms with Gasteiger partial charge >= 0.3 is 6.03 Å². The molecule has 1 heterocycles. The fourth-order valence-corrected chi connectivity index (χ4v) is 1.46. The van der Waals surface area contributed by atoms with E-state index in [-0.39, 0.29) is 5.69 Å². The molecule has 2 amide bonds. The molecule has 0 fully saturated rings. The molecule has 0 atom stereocenters. The topological polar surface area (TPSA) is 94.0 Å². The summed E-state index contributed by atoms with van der Waals surface area (Å²) in [5.41, 5.74) is 0.566. The van der Waals surface area contributed by atoms with Gasteiger partial charge in [0.05, 0.1) is 18.0 Å². The fraction of sp³-hybridized carbons (Fsp3) is 0.273. The van der Waals surface area contributed by atoms with Gasteiger partial charge < -0.3 is 15.4 Å². The Morgan fingerprint density at radius 2 is 2.35 bits per heavy atom. The minimum atomic E-state index is -0.552. The van der Waals surface area contributed by atoms with Gasteiger partial charge in [0.2, 0.25) is 0 Å². The number of hydrogen-bond acceptors (Lipinski definition) is 5. The summed E-state index contributed by atoms with van der Waals surface area (Å²) < 4.78 is 19.8. The van der Waals surface area contributed by atoms with Crippen LogP contribution in [0.3, 0.4) is 0 Å². The highest BCUT2D eigenvalue weighted by Gasteiger charge is 2.09.